The van der Waals surface area contributed by atoms with Crippen LogP contribution in [0.3, 0.4) is 0 Å². The highest BCUT2D eigenvalue weighted by Gasteiger charge is 2.27. The van der Waals surface area contributed by atoms with Crippen molar-refractivity contribution in [3.05, 3.63) is 128 Å². The average Bonchev–Trinajstić information content (AvgIpc) is 3.84. The quantitative estimate of drug-likeness (QED) is 0.105. The number of nitrogens with one attached hydrogen (secondary N) is 1. The van der Waals surface area contributed by atoms with Gasteiger partial charge >= 0.3 is 5.69 Å². The molecule has 0 radical (unpaired) electrons. The van der Waals surface area contributed by atoms with Crippen LogP contribution in [0.25, 0.3) is 5.69 Å². The fourth-order valence-electron chi connectivity index (χ4n) is 7.65. The Bertz CT molecular complexity index is 2230. The van der Waals surface area contributed by atoms with Gasteiger partial charge in [0, 0.05) is 41.9 Å². The Morgan fingerprint density at radius 3 is 2.14 bits per heavy atom. The Morgan fingerprint density at radius 2 is 1.51 bits per heavy atom. The second-order valence-corrected chi connectivity index (χ2v) is 17.3. The maximum atomic E-state index is 13.5. The van der Waals surface area contributed by atoms with Crippen molar-refractivity contribution < 1.29 is 28.8 Å². The van der Waals surface area contributed by atoms with Crippen LogP contribution in [-0.2, 0) is 23.0 Å². The largest absolute Gasteiger partial charge is 0.489 e. The molecule has 2 aliphatic rings. The lowest BCUT2D eigenvalue weighted by atomic mass is 10.0. The van der Waals surface area contributed by atoms with Crippen LogP contribution < -0.4 is 15.1 Å². The maximum Gasteiger partial charge on any atom is 0.368 e. The van der Waals surface area contributed by atoms with Gasteiger partial charge in [-0.25, -0.2) is 13.2 Å². The van der Waals surface area contributed by atoms with Crippen LogP contribution in [-0.4, -0.2) is 74.5 Å². The zero-order valence-corrected chi connectivity index (χ0v) is 33.7. The summed E-state index contributed by atoms with van der Waals surface area (Å²) in [6.07, 6.45) is 6.20. The Balaban J connectivity index is 0.00000549. The molecule has 0 saturated heterocycles. The van der Waals surface area contributed by atoms with E-state index in [1.54, 1.807) is 84.9 Å². The van der Waals surface area contributed by atoms with Gasteiger partial charge in [-0.3, -0.25) is 9.62 Å². The highest BCUT2D eigenvalue weighted by atomic mass is 35.5. The zero-order chi connectivity index (χ0) is 39.2. The molecule has 1 unspecified atom stereocenters. The van der Waals surface area contributed by atoms with Crippen LogP contribution in [0.4, 0.5) is 5.69 Å². The number of ether oxygens (including phenoxy) is 1. The van der Waals surface area contributed by atoms with Crippen molar-refractivity contribution in [3.8, 4) is 11.4 Å². The van der Waals surface area contributed by atoms with E-state index in [1.807, 2.05) is 4.90 Å². The van der Waals surface area contributed by atoms with Crippen LogP contribution >= 0.6 is 23.2 Å². The number of hydrogen-bond donors (Lipinski definition) is 3. The highest BCUT2D eigenvalue weighted by Crippen LogP contribution is 2.32. The van der Waals surface area contributed by atoms with Crippen molar-refractivity contribution in [1.82, 2.24) is 24.7 Å². The summed E-state index contributed by atoms with van der Waals surface area (Å²) in [5, 5.41) is 31.4. The Kier molecular flexibility index (Phi) is 14.1. The summed E-state index contributed by atoms with van der Waals surface area (Å²) in [4.78, 5) is 15.0. The number of aliphatic hydroxyl groups excluding tert-OH is 2. The maximum absolute atomic E-state index is 13.5. The van der Waals surface area contributed by atoms with Crippen molar-refractivity contribution in [2.24, 2.45) is 5.92 Å². The number of fused-ring (bicyclic) bond motifs is 1. The molecular weight excluding hydrogens is 791 g/mol. The van der Waals surface area contributed by atoms with Crippen LogP contribution in [0, 0.1) is 5.92 Å². The molecule has 7 rings (SSSR count). The lowest BCUT2D eigenvalue weighted by Gasteiger charge is -2.33. The number of anilines is 1. The third kappa shape index (κ3) is 10.8. The van der Waals surface area contributed by atoms with Gasteiger partial charge in [0.05, 0.1) is 22.8 Å². The van der Waals surface area contributed by atoms with Crippen LogP contribution in [0.2, 0.25) is 10.0 Å². The third-order valence-electron chi connectivity index (χ3n) is 10.6. The summed E-state index contributed by atoms with van der Waals surface area (Å²) >= 11 is 12.4. The minimum atomic E-state index is -3.95. The fraction of sp³-hybridized carbons (Fsp3) is 0.390. The second kappa shape index (κ2) is 19.0. The summed E-state index contributed by atoms with van der Waals surface area (Å²) < 4.78 is 38.6. The SMILES string of the molecule is O.O=c1n(CCCC2CCCC2)nnn1-c1ccc(NS(=O)(=O)c2ccc3c(c2)CCC(CN(C[C@H](O)c2cccc(Cl)c2)C[C@H](O)c2cccc(Cl)c2)O3)cc1. The van der Waals surface area contributed by atoms with Gasteiger partial charge in [-0.2, -0.15) is 9.36 Å². The number of rotatable bonds is 16. The molecule has 1 fully saturated rings. The fourth-order valence-corrected chi connectivity index (χ4v) is 9.15. The van der Waals surface area contributed by atoms with E-state index in [-0.39, 0.29) is 35.3 Å². The molecule has 1 aromatic heterocycles. The van der Waals surface area contributed by atoms with Crippen LogP contribution in [0.15, 0.2) is 101 Å². The Hall–Kier alpha value is -4.28. The molecule has 16 heteroatoms. The lowest BCUT2D eigenvalue weighted by molar-refractivity contribution is 0.0388. The summed E-state index contributed by atoms with van der Waals surface area (Å²) in [5.74, 6) is 1.31. The predicted octanol–water partition coefficient (Wildman–Crippen LogP) is 6.15. The van der Waals surface area contributed by atoms with E-state index in [1.165, 1.54) is 41.1 Å². The molecule has 1 aliphatic carbocycles. The van der Waals surface area contributed by atoms with Gasteiger partial charge in [-0.15, -0.1) is 0 Å². The number of benzene rings is 4. The molecule has 57 heavy (non-hydrogen) atoms. The number of nitrogens with zero attached hydrogens (tertiary/aromatic N) is 5. The number of sulfonamides is 1. The standard InChI is InChI=1S/C41H46Cl2N6O6S.H2O/c42-32-11-3-9-29(22-32)38(50)26-47(27-39(51)30-10-4-12-33(43)23-30)25-36-18-13-31-24-37(19-20-40(31)55-36)56(53,54)44-34-14-16-35(17-15-34)49-41(52)48(45-46-49)21-5-8-28-6-1-2-7-28;/h3-4,9-12,14-17,19-20,22-24,28,36,38-39,44,50-51H,1-2,5-8,13,18,21,25-27H2;1H2/t36?,38-,39-;/m0./s1. The second-order valence-electron chi connectivity index (χ2n) is 14.7. The smallest absolute Gasteiger partial charge is 0.368 e. The van der Waals surface area contributed by atoms with E-state index in [4.69, 9.17) is 27.9 Å². The average molecular weight is 840 g/mol. The first kappa shape index (κ1) is 42.3. The minimum Gasteiger partial charge on any atom is -0.489 e. The minimum absolute atomic E-state index is 0. The van der Waals surface area contributed by atoms with Gasteiger partial charge in [-0.05, 0) is 125 Å². The third-order valence-corrected chi connectivity index (χ3v) is 12.5. The first-order chi connectivity index (χ1) is 27.0. The zero-order valence-electron chi connectivity index (χ0n) is 31.4. The molecule has 4 aromatic carbocycles. The van der Waals surface area contributed by atoms with E-state index in [0.717, 1.165) is 24.3 Å². The molecule has 3 atom stereocenters. The topological polar surface area (TPSA) is 183 Å². The molecule has 0 spiro atoms. The van der Waals surface area contributed by atoms with E-state index in [0.29, 0.717) is 64.2 Å². The molecular formula is C41H48Cl2N6O7S. The van der Waals surface area contributed by atoms with Gasteiger partial charge in [0.2, 0.25) is 0 Å². The number of aliphatic hydroxyl groups is 2. The Labute approximate surface area is 342 Å². The van der Waals surface area contributed by atoms with Crippen molar-refractivity contribution in [2.45, 2.75) is 81.1 Å². The van der Waals surface area contributed by atoms with Crippen molar-refractivity contribution >= 4 is 38.9 Å². The Morgan fingerprint density at radius 1 is 0.860 bits per heavy atom. The first-order valence-electron chi connectivity index (χ1n) is 19.1. The lowest BCUT2D eigenvalue weighted by Crippen LogP contribution is -2.41. The molecule has 5 aromatic rings. The van der Waals surface area contributed by atoms with Gasteiger partial charge < -0.3 is 20.4 Å². The van der Waals surface area contributed by atoms with Crippen LogP contribution in [0.1, 0.15) is 73.8 Å². The van der Waals surface area contributed by atoms with Gasteiger partial charge in [0.15, 0.2) is 0 Å². The monoisotopic (exact) mass is 838 g/mol. The normalized spacial score (nSPS) is 16.8. The van der Waals surface area contributed by atoms with E-state index in [2.05, 4.69) is 15.1 Å². The molecule has 5 N–H and O–H groups in total. The molecule has 13 nitrogen and oxygen atoms in total. The van der Waals surface area contributed by atoms with Crippen LogP contribution in [0.5, 0.6) is 5.75 Å². The summed E-state index contributed by atoms with van der Waals surface area (Å²) in [7, 11) is -3.95. The molecule has 1 aliphatic heterocycles. The van der Waals surface area contributed by atoms with E-state index in [9.17, 15) is 23.4 Å². The summed E-state index contributed by atoms with van der Waals surface area (Å²) in [6, 6.07) is 25.3. The van der Waals surface area contributed by atoms with E-state index < -0.39 is 22.2 Å². The molecule has 0 amide bonds. The number of aromatic nitrogens is 4. The van der Waals surface area contributed by atoms with Gasteiger partial charge in [0.1, 0.15) is 11.9 Å². The molecule has 1 saturated carbocycles. The molecule has 2 heterocycles. The molecule has 304 valence electrons. The predicted molar refractivity (Wildman–Crippen MR) is 220 cm³/mol. The van der Waals surface area contributed by atoms with Crippen molar-refractivity contribution in [2.75, 3.05) is 24.4 Å². The first-order valence-corrected chi connectivity index (χ1v) is 21.3. The van der Waals surface area contributed by atoms with E-state index >= 15 is 0 Å². The van der Waals surface area contributed by atoms with Gasteiger partial charge in [0.25, 0.3) is 10.0 Å². The summed E-state index contributed by atoms with van der Waals surface area (Å²) in [5.41, 5.74) is 2.56. The number of tetrazole rings is 1. The van der Waals surface area contributed by atoms with Crippen molar-refractivity contribution in [1.29, 1.82) is 0 Å². The summed E-state index contributed by atoms with van der Waals surface area (Å²) in [6.45, 7) is 1.34. The highest BCUT2D eigenvalue weighted by molar-refractivity contribution is 7.92. The molecule has 0 bridgehead atoms. The number of halogens is 2. The van der Waals surface area contributed by atoms with Crippen molar-refractivity contribution in [3.63, 3.8) is 0 Å². The number of aryl methyl sites for hydroxylation is 2. The number of hydrogen-bond acceptors (Lipinski definition) is 9. The van der Waals surface area contributed by atoms with Gasteiger partial charge in [-0.1, -0.05) is 73.2 Å².